The van der Waals surface area contributed by atoms with E-state index in [1.54, 1.807) is 70.2 Å². The van der Waals surface area contributed by atoms with Crippen molar-refractivity contribution in [3.8, 4) is 0 Å². The van der Waals surface area contributed by atoms with Gasteiger partial charge in [0.15, 0.2) is 0 Å². The molecule has 1 saturated heterocycles. The second-order valence-electron chi connectivity index (χ2n) is 9.92. The molecule has 37 heavy (non-hydrogen) atoms. The number of nitrogens with zero attached hydrogens (tertiary/aromatic N) is 2. The van der Waals surface area contributed by atoms with E-state index in [-0.39, 0.29) is 36.5 Å². The molecule has 2 N–H and O–H groups in total. The van der Waals surface area contributed by atoms with Crippen LogP contribution in [0.2, 0.25) is 0 Å². The second-order valence-corrected chi connectivity index (χ2v) is 9.92. The van der Waals surface area contributed by atoms with Crippen LogP contribution in [0.5, 0.6) is 0 Å². The molecule has 1 aliphatic rings. The zero-order valence-electron chi connectivity index (χ0n) is 21.1. The summed E-state index contributed by atoms with van der Waals surface area (Å²) in [4.78, 5) is 66.7. The number of benzene rings is 2. The molecule has 0 saturated carbocycles. The Morgan fingerprint density at radius 3 is 2.46 bits per heavy atom. The molecule has 2 aromatic carbocycles. The van der Waals surface area contributed by atoms with Crippen molar-refractivity contribution in [3.05, 3.63) is 69.8 Å². The van der Waals surface area contributed by atoms with Crippen molar-refractivity contribution in [2.75, 3.05) is 5.32 Å². The molecule has 192 valence electrons. The van der Waals surface area contributed by atoms with Crippen molar-refractivity contribution < 1.29 is 23.9 Å². The quantitative estimate of drug-likeness (QED) is 0.403. The van der Waals surface area contributed by atoms with Gasteiger partial charge in [-0.3, -0.25) is 33.9 Å². The molecule has 3 aromatic rings. The molecule has 1 fully saturated rings. The summed E-state index contributed by atoms with van der Waals surface area (Å²) in [5.74, 6) is -1.39. The maximum Gasteiger partial charge on any atom is 0.310 e. The number of amides is 3. The molecular formula is C27H28N4O6. The summed E-state index contributed by atoms with van der Waals surface area (Å²) in [6.45, 7) is 7.00. The Hall–Kier alpha value is -4.34. The molecule has 1 aliphatic heterocycles. The molecule has 2 heterocycles. The fourth-order valence-corrected chi connectivity index (χ4v) is 4.24. The zero-order valence-corrected chi connectivity index (χ0v) is 21.1. The van der Waals surface area contributed by atoms with E-state index in [0.29, 0.717) is 28.2 Å². The summed E-state index contributed by atoms with van der Waals surface area (Å²) in [6, 6.07) is 10.6. The highest BCUT2D eigenvalue weighted by Crippen LogP contribution is 2.24. The molecule has 0 spiro atoms. The van der Waals surface area contributed by atoms with Gasteiger partial charge in [-0.15, -0.1) is 0 Å². The second kappa shape index (κ2) is 9.96. The third-order valence-corrected chi connectivity index (χ3v) is 5.86. The molecule has 10 nitrogen and oxygen atoms in total. The highest BCUT2D eigenvalue weighted by Gasteiger charge is 2.30. The first kappa shape index (κ1) is 25.7. The van der Waals surface area contributed by atoms with E-state index >= 15 is 0 Å². The largest absolute Gasteiger partial charge is 0.460 e. The number of carbonyl (C=O) groups is 4. The van der Waals surface area contributed by atoms with Crippen LogP contribution in [0.15, 0.2) is 47.3 Å². The standard InChI is InChI=1S/C27H28N4O6/c1-15-28-23-18(26(36)31(15)20-12-13-21(32)30-25(20)35)6-5-7-19(23)29-24(34)17-10-8-16(9-11-17)14-22(33)37-27(2,3)4/h5-11,20H,12-14H2,1-4H3,(H,29,34)(H,30,32,35). The first-order valence-corrected chi connectivity index (χ1v) is 11.9. The van der Waals surface area contributed by atoms with Crippen LogP contribution in [-0.4, -0.2) is 38.8 Å². The fourth-order valence-electron chi connectivity index (χ4n) is 4.24. The Morgan fingerprint density at radius 2 is 1.81 bits per heavy atom. The van der Waals surface area contributed by atoms with Crippen LogP contribution < -0.4 is 16.2 Å². The number of hydrogen-bond donors (Lipinski definition) is 2. The van der Waals surface area contributed by atoms with Crippen molar-refractivity contribution in [1.82, 2.24) is 14.9 Å². The molecule has 0 bridgehead atoms. The molecule has 3 amide bonds. The highest BCUT2D eigenvalue weighted by atomic mass is 16.6. The van der Waals surface area contributed by atoms with Crippen LogP contribution >= 0.6 is 0 Å². The van der Waals surface area contributed by atoms with Crippen LogP contribution in [0.25, 0.3) is 10.9 Å². The van der Waals surface area contributed by atoms with E-state index < -0.39 is 29.0 Å². The maximum absolute atomic E-state index is 13.3. The van der Waals surface area contributed by atoms with Crippen molar-refractivity contribution in [2.45, 2.75) is 58.6 Å². The maximum atomic E-state index is 13.3. The van der Waals surface area contributed by atoms with Gasteiger partial charge in [0.05, 0.1) is 17.5 Å². The smallest absolute Gasteiger partial charge is 0.310 e. The van der Waals surface area contributed by atoms with Crippen LogP contribution in [0.3, 0.4) is 0 Å². The van der Waals surface area contributed by atoms with Crippen molar-refractivity contribution in [3.63, 3.8) is 0 Å². The number of aromatic nitrogens is 2. The van der Waals surface area contributed by atoms with E-state index in [9.17, 15) is 24.0 Å². The molecular weight excluding hydrogens is 476 g/mol. The van der Waals surface area contributed by atoms with E-state index in [1.165, 1.54) is 4.57 Å². The first-order chi connectivity index (χ1) is 17.4. The fraction of sp³-hybridized carbons (Fsp3) is 0.333. The zero-order chi connectivity index (χ0) is 26.9. The van der Waals surface area contributed by atoms with Crippen LogP contribution in [0, 0.1) is 6.92 Å². The minimum atomic E-state index is -0.834. The van der Waals surface area contributed by atoms with Crippen LogP contribution in [0.4, 0.5) is 5.69 Å². The summed E-state index contributed by atoms with van der Waals surface area (Å²) in [5.41, 5.74) is 0.701. The van der Waals surface area contributed by atoms with E-state index in [1.807, 2.05) is 0 Å². The van der Waals surface area contributed by atoms with Crippen LogP contribution in [-0.2, 0) is 25.5 Å². The third-order valence-electron chi connectivity index (χ3n) is 5.86. The van der Waals surface area contributed by atoms with Gasteiger partial charge in [0, 0.05) is 12.0 Å². The van der Waals surface area contributed by atoms with Gasteiger partial charge >= 0.3 is 5.97 Å². The summed E-state index contributed by atoms with van der Waals surface area (Å²) in [7, 11) is 0. The van der Waals surface area contributed by atoms with Gasteiger partial charge < -0.3 is 10.1 Å². The monoisotopic (exact) mass is 504 g/mol. The molecule has 1 atom stereocenters. The summed E-state index contributed by atoms with van der Waals surface area (Å²) < 4.78 is 6.62. The number of ether oxygens (including phenoxy) is 1. The summed E-state index contributed by atoms with van der Waals surface area (Å²) in [6.07, 6.45) is 0.428. The Morgan fingerprint density at radius 1 is 1.11 bits per heavy atom. The van der Waals surface area contributed by atoms with Gasteiger partial charge in [-0.1, -0.05) is 18.2 Å². The molecule has 0 aliphatic carbocycles. The molecule has 4 rings (SSSR count). The number of nitrogens with one attached hydrogen (secondary N) is 2. The Balaban J connectivity index is 1.56. The highest BCUT2D eigenvalue weighted by molar-refractivity contribution is 6.08. The summed E-state index contributed by atoms with van der Waals surface area (Å²) in [5, 5.41) is 5.29. The number of rotatable bonds is 5. The Labute approximate surface area is 213 Å². The lowest BCUT2D eigenvalue weighted by Crippen LogP contribution is -2.45. The number of anilines is 1. The predicted molar refractivity (Wildman–Crippen MR) is 136 cm³/mol. The van der Waals surface area contributed by atoms with Crippen molar-refractivity contribution in [2.24, 2.45) is 0 Å². The number of para-hydroxylation sites is 1. The van der Waals surface area contributed by atoms with E-state index in [2.05, 4.69) is 15.6 Å². The molecule has 10 heteroatoms. The Bertz CT molecular complexity index is 1470. The number of esters is 1. The van der Waals surface area contributed by atoms with Gasteiger partial charge in [0.1, 0.15) is 23.0 Å². The minimum absolute atomic E-state index is 0.0884. The molecule has 0 radical (unpaired) electrons. The predicted octanol–water partition coefficient (Wildman–Crippen LogP) is 2.82. The number of imide groups is 1. The normalized spacial score (nSPS) is 15.8. The lowest BCUT2D eigenvalue weighted by molar-refractivity contribution is -0.154. The average Bonchev–Trinajstić information content (AvgIpc) is 2.80. The number of hydrogen-bond acceptors (Lipinski definition) is 7. The first-order valence-electron chi connectivity index (χ1n) is 11.9. The topological polar surface area (TPSA) is 136 Å². The van der Waals surface area contributed by atoms with Crippen molar-refractivity contribution >= 4 is 40.3 Å². The van der Waals surface area contributed by atoms with Crippen LogP contribution in [0.1, 0.15) is 61.4 Å². The number of fused-ring (bicyclic) bond motifs is 1. The van der Waals surface area contributed by atoms with Gasteiger partial charge in [-0.2, -0.15) is 0 Å². The number of aryl methyl sites for hydroxylation is 1. The van der Waals surface area contributed by atoms with Crippen molar-refractivity contribution in [1.29, 1.82) is 0 Å². The van der Waals surface area contributed by atoms with E-state index in [4.69, 9.17) is 4.74 Å². The van der Waals surface area contributed by atoms with Gasteiger partial charge in [-0.25, -0.2) is 4.98 Å². The SMILES string of the molecule is Cc1nc2c(NC(=O)c3ccc(CC(=O)OC(C)(C)C)cc3)cccc2c(=O)n1C1CCC(=O)NC1=O. The third kappa shape index (κ3) is 5.74. The van der Waals surface area contributed by atoms with E-state index in [0.717, 1.165) is 0 Å². The number of carbonyl (C=O) groups excluding carboxylic acids is 4. The molecule has 1 aromatic heterocycles. The van der Waals surface area contributed by atoms with Gasteiger partial charge in [-0.05, 0) is 63.9 Å². The van der Waals surface area contributed by atoms with Gasteiger partial charge in [0.2, 0.25) is 11.8 Å². The Kier molecular flexibility index (Phi) is 6.93. The van der Waals surface area contributed by atoms with Gasteiger partial charge in [0.25, 0.3) is 11.5 Å². The molecule has 1 unspecified atom stereocenters. The lowest BCUT2D eigenvalue weighted by Gasteiger charge is -2.24. The average molecular weight is 505 g/mol. The number of piperidine rings is 1. The minimum Gasteiger partial charge on any atom is -0.460 e. The summed E-state index contributed by atoms with van der Waals surface area (Å²) >= 11 is 0. The lowest BCUT2D eigenvalue weighted by atomic mass is 10.1.